The Bertz CT molecular complexity index is 602. The molecule has 2 rings (SSSR count). The van der Waals surface area contributed by atoms with E-state index >= 15 is 0 Å². The molecule has 0 radical (unpaired) electrons. The van der Waals surface area contributed by atoms with Crippen LogP contribution in [0.25, 0.3) is 0 Å². The Morgan fingerprint density at radius 1 is 1.11 bits per heavy atom. The third kappa shape index (κ3) is 3.24. The van der Waals surface area contributed by atoms with Gasteiger partial charge in [0.15, 0.2) is 0 Å². The van der Waals surface area contributed by atoms with Crippen LogP contribution < -0.4 is 0 Å². The molecular weight excluding hydrogens is 293 g/mol. The summed E-state index contributed by atoms with van der Waals surface area (Å²) in [6.45, 7) is 0. The minimum Gasteiger partial charge on any atom is -0.388 e. The Hall–Kier alpha value is -1.16. The first-order valence-corrected chi connectivity index (χ1v) is 6.30. The van der Waals surface area contributed by atoms with Crippen molar-refractivity contribution < 1.29 is 13.9 Å². The molecule has 2 aromatic rings. The van der Waals surface area contributed by atoms with Gasteiger partial charge in [0.2, 0.25) is 0 Å². The Labute approximate surface area is 119 Å². The maximum Gasteiger partial charge on any atom is 0.142 e. The fraction of sp³-hybridized carbons (Fsp3) is 0.143. The van der Waals surface area contributed by atoms with E-state index in [1.165, 1.54) is 30.3 Å². The minimum absolute atomic E-state index is 0.117. The summed E-state index contributed by atoms with van der Waals surface area (Å²) < 4.78 is 26.2. The number of benzene rings is 2. The van der Waals surface area contributed by atoms with Gasteiger partial charge in [-0.3, -0.25) is 0 Å². The summed E-state index contributed by atoms with van der Waals surface area (Å²) >= 11 is 11.7. The Balaban J connectivity index is 2.25. The van der Waals surface area contributed by atoms with Gasteiger partial charge in [0, 0.05) is 17.0 Å². The predicted molar refractivity (Wildman–Crippen MR) is 71.5 cm³/mol. The maximum atomic E-state index is 13.3. The highest BCUT2D eigenvalue weighted by Gasteiger charge is 2.16. The summed E-state index contributed by atoms with van der Waals surface area (Å²) in [7, 11) is 0. The highest BCUT2D eigenvalue weighted by molar-refractivity contribution is 6.31. The smallest absolute Gasteiger partial charge is 0.142 e. The van der Waals surface area contributed by atoms with Crippen LogP contribution in [0.3, 0.4) is 0 Å². The lowest BCUT2D eigenvalue weighted by Gasteiger charge is -2.14. The molecule has 1 nitrogen and oxygen atoms in total. The fourth-order valence-corrected chi connectivity index (χ4v) is 2.28. The number of rotatable bonds is 3. The first kappa shape index (κ1) is 14.3. The Morgan fingerprint density at radius 3 is 2.53 bits per heavy atom. The SMILES string of the molecule is OC(Cc1ccc(F)cc1Cl)c1cccc(F)c1Cl. The zero-order valence-corrected chi connectivity index (χ0v) is 11.2. The molecule has 1 unspecified atom stereocenters. The van der Waals surface area contributed by atoms with Crippen molar-refractivity contribution in [3.8, 4) is 0 Å². The van der Waals surface area contributed by atoms with Crippen molar-refractivity contribution in [2.75, 3.05) is 0 Å². The summed E-state index contributed by atoms with van der Waals surface area (Å²) in [4.78, 5) is 0. The standard InChI is InChI=1S/C14H10Cl2F2O/c15-11-7-9(17)5-4-8(11)6-13(19)10-2-1-3-12(18)14(10)16/h1-5,7,13,19H,6H2. The van der Waals surface area contributed by atoms with Crippen LogP contribution in [-0.2, 0) is 6.42 Å². The van der Waals surface area contributed by atoms with E-state index in [0.29, 0.717) is 5.56 Å². The van der Waals surface area contributed by atoms with E-state index in [9.17, 15) is 13.9 Å². The van der Waals surface area contributed by atoms with E-state index in [4.69, 9.17) is 23.2 Å². The highest BCUT2D eigenvalue weighted by atomic mass is 35.5. The average Bonchev–Trinajstić information content (AvgIpc) is 2.36. The highest BCUT2D eigenvalue weighted by Crippen LogP contribution is 2.29. The molecule has 0 saturated heterocycles. The number of halogens is 4. The third-order valence-corrected chi connectivity index (χ3v) is 3.52. The number of hydrogen-bond donors (Lipinski definition) is 1. The van der Waals surface area contributed by atoms with Crippen LogP contribution in [0.4, 0.5) is 8.78 Å². The van der Waals surface area contributed by atoms with Gasteiger partial charge in [-0.2, -0.15) is 0 Å². The quantitative estimate of drug-likeness (QED) is 0.882. The van der Waals surface area contributed by atoms with Crippen LogP contribution in [0, 0.1) is 11.6 Å². The molecule has 0 fully saturated rings. The molecule has 0 spiro atoms. The zero-order chi connectivity index (χ0) is 14.0. The molecule has 0 bridgehead atoms. The van der Waals surface area contributed by atoms with Gasteiger partial charge in [-0.15, -0.1) is 0 Å². The van der Waals surface area contributed by atoms with Crippen LogP contribution in [0.2, 0.25) is 10.0 Å². The van der Waals surface area contributed by atoms with Crippen molar-refractivity contribution in [2.45, 2.75) is 12.5 Å². The molecule has 19 heavy (non-hydrogen) atoms. The van der Waals surface area contributed by atoms with E-state index < -0.39 is 17.7 Å². The molecular formula is C14H10Cl2F2O. The van der Waals surface area contributed by atoms with E-state index in [1.807, 2.05) is 0 Å². The normalized spacial score (nSPS) is 12.5. The molecule has 100 valence electrons. The topological polar surface area (TPSA) is 20.2 Å². The molecule has 1 atom stereocenters. The molecule has 0 amide bonds. The van der Waals surface area contributed by atoms with Crippen molar-refractivity contribution in [3.05, 3.63) is 69.2 Å². The van der Waals surface area contributed by atoms with Crippen LogP contribution in [0.15, 0.2) is 36.4 Å². The number of aliphatic hydroxyl groups excluding tert-OH is 1. The lowest BCUT2D eigenvalue weighted by molar-refractivity contribution is 0.178. The van der Waals surface area contributed by atoms with Gasteiger partial charge in [0.25, 0.3) is 0 Å². The molecule has 0 aliphatic carbocycles. The van der Waals surface area contributed by atoms with Crippen molar-refractivity contribution in [2.24, 2.45) is 0 Å². The monoisotopic (exact) mass is 302 g/mol. The van der Waals surface area contributed by atoms with Gasteiger partial charge in [-0.1, -0.05) is 41.4 Å². The van der Waals surface area contributed by atoms with Gasteiger partial charge in [-0.05, 0) is 23.8 Å². The van der Waals surface area contributed by atoms with Crippen LogP contribution in [-0.4, -0.2) is 5.11 Å². The maximum absolute atomic E-state index is 13.3. The van der Waals surface area contributed by atoms with Crippen molar-refractivity contribution in [1.29, 1.82) is 0 Å². The minimum atomic E-state index is -1.01. The lowest BCUT2D eigenvalue weighted by Crippen LogP contribution is -2.04. The van der Waals surface area contributed by atoms with E-state index in [1.54, 1.807) is 0 Å². The average molecular weight is 303 g/mol. The van der Waals surface area contributed by atoms with Gasteiger partial charge in [-0.25, -0.2) is 8.78 Å². The van der Waals surface area contributed by atoms with E-state index in [0.717, 1.165) is 6.07 Å². The predicted octanol–water partition coefficient (Wildman–Crippen LogP) is 4.55. The number of aliphatic hydroxyl groups is 1. The first-order valence-electron chi connectivity index (χ1n) is 5.55. The van der Waals surface area contributed by atoms with E-state index in [2.05, 4.69) is 0 Å². The molecule has 0 aliphatic rings. The van der Waals surface area contributed by atoms with Gasteiger partial charge in [0.05, 0.1) is 11.1 Å². The first-order chi connectivity index (χ1) is 8.99. The molecule has 0 saturated carbocycles. The summed E-state index contributed by atoms with van der Waals surface area (Å²) in [5.74, 6) is -1.05. The van der Waals surface area contributed by atoms with Gasteiger partial charge >= 0.3 is 0 Å². The van der Waals surface area contributed by atoms with Crippen LogP contribution in [0.1, 0.15) is 17.2 Å². The largest absolute Gasteiger partial charge is 0.388 e. The summed E-state index contributed by atoms with van der Waals surface area (Å²) in [5, 5.41) is 10.2. The summed E-state index contributed by atoms with van der Waals surface area (Å²) in [5.41, 5.74) is 0.845. The van der Waals surface area contributed by atoms with Gasteiger partial charge in [0.1, 0.15) is 11.6 Å². The van der Waals surface area contributed by atoms with Crippen LogP contribution >= 0.6 is 23.2 Å². The molecule has 0 heterocycles. The molecule has 5 heteroatoms. The van der Waals surface area contributed by atoms with E-state index in [-0.39, 0.29) is 22.0 Å². The summed E-state index contributed by atoms with van der Waals surface area (Å²) in [6.07, 6.45) is -0.881. The second kappa shape index (κ2) is 5.87. The zero-order valence-electron chi connectivity index (χ0n) is 9.71. The Kier molecular flexibility index (Phi) is 4.40. The molecule has 1 N–H and O–H groups in total. The number of hydrogen-bond acceptors (Lipinski definition) is 1. The van der Waals surface area contributed by atoms with Crippen LogP contribution in [0.5, 0.6) is 0 Å². The fourth-order valence-electron chi connectivity index (χ4n) is 1.78. The summed E-state index contributed by atoms with van der Waals surface area (Å²) in [6, 6.07) is 8.11. The second-order valence-corrected chi connectivity index (χ2v) is 4.88. The Morgan fingerprint density at radius 2 is 1.84 bits per heavy atom. The van der Waals surface area contributed by atoms with Crippen molar-refractivity contribution in [1.82, 2.24) is 0 Å². The molecule has 0 aliphatic heterocycles. The van der Waals surface area contributed by atoms with Crippen molar-refractivity contribution in [3.63, 3.8) is 0 Å². The van der Waals surface area contributed by atoms with Gasteiger partial charge < -0.3 is 5.11 Å². The van der Waals surface area contributed by atoms with Crippen molar-refractivity contribution >= 4 is 23.2 Å². The third-order valence-electron chi connectivity index (χ3n) is 2.77. The molecule has 2 aromatic carbocycles. The second-order valence-electron chi connectivity index (χ2n) is 4.10. The molecule has 0 aromatic heterocycles. The lowest BCUT2D eigenvalue weighted by atomic mass is 10.0.